The van der Waals surface area contributed by atoms with Crippen LogP contribution in [0.2, 0.25) is 5.02 Å². The van der Waals surface area contributed by atoms with Gasteiger partial charge in [-0.1, -0.05) is 17.7 Å². The molecule has 5 heteroatoms. The van der Waals surface area contributed by atoms with Gasteiger partial charge in [-0.15, -0.1) is 0 Å². The lowest BCUT2D eigenvalue weighted by atomic mass is 9.76. The first kappa shape index (κ1) is 14.7. The number of nitrogens with one attached hydrogen (secondary N) is 1. The van der Waals surface area contributed by atoms with E-state index < -0.39 is 11.5 Å². The van der Waals surface area contributed by atoms with Crippen LogP contribution in [0.1, 0.15) is 32.1 Å². The summed E-state index contributed by atoms with van der Waals surface area (Å²) in [5, 5.41) is 13.5. The summed E-state index contributed by atoms with van der Waals surface area (Å²) in [7, 11) is 0. The summed E-state index contributed by atoms with van der Waals surface area (Å²) in [6.45, 7) is 1.88. The first-order chi connectivity index (χ1) is 10.1. The fraction of sp³-hybridized carbons (Fsp3) is 0.562. The Kier molecular flexibility index (Phi) is 4.09. The molecule has 2 fully saturated rings. The van der Waals surface area contributed by atoms with Gasteiger partial charge in [-0.3, -0.25) is 10.1 Å². The van der Waals surface area contributed by atoms with Crippen LogP contribution in [0.15, 0.2) is 24.3 Å². The van der Waals surface area contributed by atoms with Crippen molar-refractivity contribution in [2.45, 2.75) is 43.7 Å². The molecule has 0 spiro atoms. The van der Waals surface area contributed by atoms with Crippen LogP contribution in [0.4, 0.5) is 5.69 Å². The summed E-state index contributed by atoms with van der Waals surface area (Å²) in [6.07, 6.45) is 4.48. The molecule has 1 saturated heterocycles. The lowest BCUT2D eigenvalue weighted by Gasteiger charge is -2.44. The monoisotopic (exact) mass is 308 g/mol. The van der Waals surface area contributed by atoms with Gasteiger partial charge in [-0.2, -0.15) is 0 Å². The Hall–Kier alpha value is -1.26. The maximum Gasteiger partial charge on any atom is 0.323 e. The average Bonchev–Trinajstić information content (AvgIpc) is 2.43. The minimum atomic E-state index is -0.689. The van der Waals surface area contributed by atoms with E-state index in [1.54, 1.807) is 0 Å². The van der Waals surface area contributed by atoms with E-state index in [4.69, 9.17) is 11.6 Å². The van der Waals surface area contributed by atoms with E-state index in [2.05, 4.69) is 16.3 Å². The number of rotatable bonds is 4. The van der Waals surface area contributed by atoms with Crippen LogP contribution in [0, 0.1) is 0 Å². The molecule has 1 aliphatic carbocycles. The minimum Gasteiger partial charge on any atom is -0.480 e. The highest BCUT2D eigenvalue weighted by Crippen LogP contribution is 2.34. The molecule has 0 atom stereocenters. The van der Waals surface area contributed by atoms with Crippen molar-refractivity contribution in [1.82, 2.24) is 5.32 Å². The Morgan fingerprint density at radius 2 is 2.05 bits per heavy atom. The van der Waals surface area contributed by atoms with Crippen LogP contribution in [-0.2, 0) is 4.79 Å². The number of benzene rings is 1. The van der Waals surface area contributed by atoms with Crippen molar-refractivity contribution in [3.63, 3.8) is 0 Å². The summed E-state index contributed by atoms with van der Waals surface area (Å²) in [6, 6.07) is 8.21. The molecule has 0 aromatic heterocycles. The SMILES string of the molecule is O=C(O)C1(NC2CCN(c3cccc(Cl)c3)CC2)CCC1. The maximum absolute atomic E-state index is 11.4. The van der Waals surface area contributed by atoms with Crippen LogP contribution < -0.4 is 10.2 Å². The first-order valence-electron chi connectivity index (χ1n) is 7.61. The summed E-state index contributed by atoms with van der Waals surface area (Å²) < 4.78 is 0. The van der Waals surface area contributed by atoms with E-state index in [9.17, 15) is 9.90 Å². The van der Waals surface area contributed by atoms with Crippen LogP contribution in [-0.4, -0.2) is 35.7 Å². The molecule has 114 valence electrons. The van der Waals surface area contributed by atoms with Crippen LogP contribution in [0.5, 0.6) is 0 Å². The third kappa shape index (κ3) is 3.01. The van der Waals surface area contributed by atoms with Gasteiger partial charge in [-0.25, -0.2) is 0 Å². The summed E-state index contributed by atoms with van der Waals surface area (Å²) >= 11 is 6.04. The second-order valence-corrected chi connectivity index (χ2v) is 6.56. The molecular formula is C16H21ClN2O2. The molecule has 3 rings (SSSR count). The van der Waals surface area contributed by atoms with Gasteiger partial charge in [-0.05, 0) is 50.3 Å². The normalized spacial score (nSPS) is 21.9. The molecule has 1 aliphatic heterocycles. The Morgan fingerprint density at radius 3 is 2.57 bits per heavy atom. The smallest absolute Gasteiger partial charge is 0.323 e. The quantitative estimate of drug-likeness (QED) is 0.898. The van der Waals surface area contributed by atoms with E-state index in [-0.39, 0.29) is 0 Å². The molecule has 1 aromatic rings. The van der Waals surface area contributed by atoms with E-state index >= 15 is 0 Å². The topological polar surface area (TPSA) is 52.6 Å². The number of hydrogen-bond donors (Lipinski definition) is 2. The second-order valence-electron chi connectivity index (χ2n) is 6.13. The third-order valence-electron chi connectivity index (χ3n) is 4.77. The number of nitrogens with zero attached hydrogens (tertiary/aromatic N) is 1. The standard InChI is InChI=1S/C16H21ClN2O2/c17-12-3-1-4-14(11-12)19-9-5-13(6-10-19)18-16(15(20)21)7-2-8-16/h1,3-4,11,13,18H,2,5-10H2,(H,20,21). The average molecular weight is 309 g/mol. The summed E-state index contributed by atoms with van der Waals surface area (Å²) in [5.74, 6) is -0.689. The van der Waals surface area contributed by atoms with Gasteiger partial charge >= 0.3 is 5.97 Å². The van der Waals surface area contributed by atoms with Crippen molar-refractivity contribution in [3.05, 3.63) is 29.3 Å². The predicted octanol–water partition coefficient (Wildman–Crippen LogP) is 2.91. The minimum absolute atomic E-state index is 0.303. The maximum atomic E-state index is 11.4. The Morgan fingerprint density at radius 1 is 1.33 bits per heavy atom. The number of carboxylic acid groups (broad SMARTS) is 1. The zero-order valence-corrected chi connectivity index (χ0v) is 12.8. The molecule has 0 amide bonds. The van der Waals surface area contributed by atoms with Crippen LogP contribution in [0.25, 0.3) is 0 Å². The van der Waals surface area contributed by atoms with Crippen molar-refractivity contribution in [2.75, 3.05) is 18.0 Å². The zero-order valence-electron chi connectivity index (χ0n) is 12.0. The number of halogens is 1. The molecule has 1 aromatic carbocycles. The number of hydrogen-bond acceptors (Lipinski definition) is 3. The fourth-order valence-electron chi connectivity index (χ4n) is 3.30. The van der Waals surface area contributed by atoms with Crippen LogP contribution in [0.3, 0.4) is 0 Å². The van der Waals surface area contributed by atoms with Gasteiger partial charge in [0.2, 0.25) is 0 Å². The van der Waals surface area contributed by atoms with Gasteiger partial charge in [0.25, 0.3) is 0 Å². The largest absolute Gasteiger partial charge is 0.480 e. The van der Waals surface area contributed by atoms with Gasteiger partial charge in [0.15, 0.2) is 0 Å². The second kappa shape index (κ2) is 5.85. The molecule has 1 heterocycles. The summed E-state index contributed by atoms with van der Waals surface area (Å²) in [4.78, 5) is 13.7. The van der Waals surface area contributed by atoms with Crippen LogP contribution >= 0.6 is 11.6 Å². The molecule has 2 N–H and O–H groups in total. The molecule has 0 bridgehead atoms. The van der Waals surface area contributed by atoms with E-state index in [0.29, 0.717) is 6.04 Å². The van der Waals surface area contributed by atoms with Gasteiger partial charge in [0.05, 0.1) is 0 Å². The van der Waals surface area contributed by atoms with Crippen molar-refractivity contribution in [1.29, 1.82) is 0 Å². The number of aliphatic carboxylic acids is 1. The summed E-state index contributed by atoms with van der Waals surface area (Å²) in [5.41, 5.74) is 0.501. The number of carboxylic acids is 1. The van der Waals surface area contributed by atoms with Crippen molar-refractivity contribution in [3.8, 4) is 0 Å². The molecule has 1 saturated carbocycles. The van der Waals surface area contributed by atoms with Crippen molar-refractivity contribution >= 4 is 23.3 Å². The molecule has 21 heavy (non-hydrogen) atoms. The highest BCUT2D eigenvalue weighted by Gasteiger charge is 2.45. The fourth-order valence-corrected chi connectivity index (χ4v) is 3.48. The van der Waals surface area contributed by atoms with E-state index in [1.165, 1.54) is 0 Å². The van der Waals surface area contributed by atoms with E-state index in [1.807, 2.05) is 18.2 Å². The zero-order chi connectivity index (χ0) is 14.9. The van der Waals surface area contributed by atoms with Crippen molar-refractivity contribution < 1.29 is 9.90 Å². The number of carbonyl (C=O) groups is 1. The molecule has 0 unspecified atom stereocenters. The third-order valence-corrected chi connectivity index (χ3v) is 5.00. The molecule has 4 nitrogen and oxygen atoms in total. The molecule has 2 aliphatic rings. The first-order valence-corrected chi connectivity index (χ1v) is 7.98. The van der Waals surface area contributed by atoms with Crippen molar-refractivity contribution in [2.24, 2.45) is 0 Å². The predicted molar refractivity (Wildman–Crippen MR) is 84.0 cm³/mol. The lowest BCUT2D eigenvalue weighted by molar-refractivity contribution is -0.149. The Bertz CT molecular complexity index is 523. The van der Waals surface area contributed by atoms with Gasteiger partial charge in [0.1, 0.15) is 5.54 Å². The highest BCUT2D eigenvalue weighted by atomic mass is 35.5. The van der Waals surface area contributed by atoms with Gasteiger partial charge < -0.3 is 10.0 Å². The number of piperidine rings is 1. The van der Waals surface area contributed by atoms with Gasteiger partial charge in [0, 0.05) is 29.8 Å². The number of anilines is 1. The Balaban J connectivity index is 1.57. The molecular weight excluding hydrogens is 288 g/mol. The lowest BCUT2D eigenvalue weighted by Crippen LogP contribution is -2.61. The molecule has 0 radical (unpaired) electrons. The Labute approximate surface area is 130 Å². The van der Waals surface area contributed by atoms with E-state index in [0.717, 1.165) is 55.9 Å². The highest BCUT2D eigenvalue weighted by molar-refractivity contribution is 6.30.